The molecule has 2 atom stereocenters. The maximum absolute atomic E-state index is 12.8. The number of rotatable bonds is 3. The summed E-state index contributed by atoms with van der Waals surface area (Å²) < 4.78 is 0. The number of fused-ring (bicyclic) bond motifs is 1. The molecule has 0 saturated carbocycles. The van der Waals surface area contributed by atoms with E-state index in [2.05, 4.69) is 0 Å². The van der Waals surface area contributed by atoms with Crippen molar-refractivity contribution in [2.75, 3.05) is 6.54 Å². The quantitative estimate of drug-likeness (QED) is 0.948. The van der Waals surface area contributed by atoms with E-state index in [9.17, 15) is 14.7 Å². The molecule has 2 aromatic carbocycles. The van der Waals surface area contributed by atoms with Crippen molar-refractivity contribution in [3.63, 3.8) is 0 Å². The van der Waals surface area contributed by atoms with Crippen LogP contribution in [0.3, 0.4) is 0 Å². The molecule has 1 aliphatic heterocycles. The first-order chi connectivity index (χ1) is 11.1. The van der Waals surface area contributed by atoms with Gasteiger partial charge in [0.15, 0.2) is 0 Å². The summed E-state index contributed by atoms with van der Waals surface area (Å²) in [6.07, 6.45) is 0. The summed E-state index contributed by atoms with van der Waals surface area (Å²) in [6, 6.07) is 17.1. The number of amides is 1. The molecule has 1 amide bonds. The standard InChI is InChI=1S/C19H19NO3/c1-13(14-7-3-2-4-8-14)18(21)20-11-15-9-5-6-10-16(15)17(12-20)19(22)23/h2-10,13,17H,11-12H2,1H3,(H,22,23)/t13-,17?/m0/s1. The zero-order valence-electron chi connectivity index (χ0n) is 13.0. The van der Waals surface area contributed by atoms with Crippen LogP contribution in [-0.4, -0.2) is 28.4 Å². The van der Waals surface area contributed by atoms with Crippen molar-refractivity contribution >= 4 is 11.9 Å². The van der Waals surface area contributed by atoms with Gasteiger partial charge in [0.2, 0.25) is 5.91 Å². The third-order valence-electron chi connectivity index (χ3n) is 4.47. The molecule has 2 aromatic rings. The Labute approximate surface area is 135 Å². The average molecular weight is 309 g/mol. The molecule has 118 valence electrons. The van der Waals surface area contributed by atoms with Crippen LogP contribution < -0.4 is 0 Å². The van der Waals surface area contributed by atoms with E-state index in [1.807, 2.05) is 61.5 Å². The van der Waals surface area contributed by atoms with Gasteiger partial charge in [-0.15, -0.1) is 0 Å². The van der Waals surface area contributed by atoms with Crippen molar-refractivity contribution in [2.45, 2.75) is 25.3 Å². The van der Waals surface area contributed by atoms with Crippen LogP contribution in [0, 0.1) is 0 Å². The first kappa shape index (κ1) is 15.3. The molecule has 0 spiro atoms. The second-order valence-corrected chi connectivity index (χ2v) is 5.94. The Morgan fingerprint density at radius 2 is 1.74 bits per heavy atom. The van der Waals surface area contributed by atoms with Gasteiger partial charge in [-0.1, -0.05) is 54.6 Å². The Morgan fingerprint density at radius 1 is 1.09 bits per heavy atom. The highest BCUT2D eigenvalue weighted by Gasteiger charge is 2.34. The van der Waals surface area contributed by atoms with Crippen LogP contribution in [0.4, 0.5) is 0 Å². The summed E-state index contributed by atoms with van der Waals surface area (Å²) in [7, 11) is 0. The summed E-state index contributed by atoms with van der Waals surface area (Å²) in [5.74, 6) is -1.86. The third kappa shape index (κ3) is 2.97. The van der Waals surface area contributed by atoms with Gasteiger partial charge in [-0.3, -0.25) is 9.59 Å². The van der Waals surface area contributed by atoms with Crippen LogP contribution in [0.25, 0.3) is 0 Å². The Bertz CT molecular complexity index is 726. The fraction of sp³-hybridized carbons (Fsp3) is 0.263. The lowest BCUT2D eigenvalue weighted by molar-refractivity contribution is -0.141. The molecular formula is C19H19NO3. The van der Waals surface area contributed by atoms with Crippen molar-refractivity contribution in [2.24, 2.45) is 0 Å². The molecule has 1 N–H and O–H groups in total. The number of nitrogens with zero attached hydrogens (tertiary/aromatic N) is 1. The van der Waals surface area contributed by atoms with Gasteiger partial charge in [-0.05, 0) is 23.6 Å². The summed E-state index contributed by atoms with van der Waals surface area (Å²) in [4.78, 5) is 26.1. The Kier molecular flexibility index (Phi) is 4.15. The minimum Gasteiger partial charge on any atom is -0.481 e. The lowest BCUT2D eigenvalue weighted by atomic mass is 9.88. The van der Waals surface area contributed by atoms with E-state index in [0.717, 1.165) is 16.7 Å². The van der Waals surface area contributed by atoms with E-state index >= 15 is 0 Å². The molecule has 0 radical (unpaired) electrons. The maximum Gasteiger partial charge on any atom is 0.312 e. The van der Waals surface area contributed by atoms with E-state index in [-0.39, 0.29) is 18.4 Å². The van der Waals surface area contributed by atoms with E-state index in [1.165, 1.54) is 0 Å². The molecule has 0 saturated heterocycles. The summed E-state index contributed by atoms with van der Waals surface area (Å²) >= 11 is 0. The maximum atomic E-state index is 12.8. The molecule has 4 heteroatoms. The van der Waals surface area contributed by atoms with E-state index in [0.29, 0.717) is 6.54 Å². The molecule has 1 aliphatic rings. The van der Waals surface area contributed by atoms with Crippen LogP contribution in [0.2, 0.25) is 0 Å². The molecule has 4 nitrogen and oxygen atoms in total. The molecule has 0 aromatic heterocycles. The predicted octanol–water partition coefficient (Wildman–Crippen LogP) is 3.00. The van der Waals surface area contributed by atoms with Crippen LogP contribution in [-0.2, 0) is 16.1 Å². The van der Waals surface area contributed by atoms with Crippen molar-refractivity contribution in [3.05, 3.63) is 71.3 Å². The second kappa shape index (κ2) is 6.24. The minimum absolute atomic E-state index is 0.0306. The van der Waals surface area contributed by atoms with Crippen molar-refractivity contribution < 1.29 is 14.7 Å². The number of aliphatic carboxylic acids is 1. The van der Waals surface area contributed by atoms with E-state index in [1.54, 1.807) is 4.90 Å². The molecule has 3 rings (SSSR count). The summed E-state index contributed by atoms with van der Waals surface area (Å²) in [5.41, 5.74) is 2.68. The zero-order valence-corrected chi connectivity index (χ0v) is 13.0. The Morgan fingerprint density at radius 3 is 2.43 bits per heavy atom. The first-order valence-corrected chi connectivity index (χ1v) is 7.72. The zero-order chi connectivity index (χ0) is 16.4. The van der Waals surface area contributed by atoms with Crippen LogP contribution in [0.5, 0.6) is 0 Å². The van der Waals surface area contributed by atoms with Crippen LogP contribution in [0.1, 0.15) is 35.4 Å². The Balaban J connectivity index is 1.87. The summed E-state index contributed by atoms with van der Waals surface area (Å²) in [6.45, 7) is 2.56. The average Bonchev–Trinajstić information content (AvgIpc) is 2.60. The van der Waals surface area contributed by atoms with Gasteiger partial charge in [-0.25, -0.2) is 0 Å². The van der Waals surface area contributed by atoms with Crippen LogP contribution in [0.15, 0.2) is 54.6 Å². The van der Waals surface area contributed by atoms with Gasteiger partial charge >= 0.3 is 5.97 Å². The molecule has 1 heterocycles. The SMILES string of the molecule is C[C@H](C(=O)N1Cc2ccccc2C(C(=O)O)C1)c1ccccc1. The molecular weight excluding hydrogens is 290 g/mol. The molecule has 1 unspecified atom stereocenters. The van der Waals surface area contributed by atoms with E-state index in [4.69, 9.17) is 0 Å². The van der Waals surface area contributed by atoms with Gasteiger partial charge in [0, 0.05) is 13.1 Å². The van der Waals surface area contributed by atoms with Gasteiger partial charge in [0.1, 0.15) is 0 Å². The van der Waals surface area contributed by atoms with Crippen molar-refractivity contribution in [3.8, 4) is 0 Å². The molecule has 0 fully saturated rings. The Hall–Kier alpha value is -2.62. The predicted molar refractivity (Wildman–Crippen MR) is 87.1 cm³/mol. The number of carbonyl (C=O) groups is 2. The van der Waals surface area contributed by atoms with Gasteiger partial charge in [0.25, 0.3) is 0 Å². The lowest BCUT2D eigenvalue weighted by Crippen LogP contribution is -2.42. The van der Waals surface area contributed by atoms with E-state index < -0.39 is 11.9 Å². The third-order valence-corrected chi connectivity index (χ3v) is 4.47. The highest BCUT2D eigenvalue weighted by molar-refractivity contribution is 5.85. The largest absolute Gasteiger partial charge is 0.481 e. The number of benzene rings is 2. The number of carboxylic acid groups (broad SMARTS) is 1. The smallest absolute Gasteiger partial charge is 0.312 e. The topological polar surface area (TPSA) is 57.6 Å². The fourth-order valence-electron chi connectivity index (χ4n) is 3.14. The van der Waals surface area contributed by atoms with Gasteiger partial charge < -0.3 is 10.0 Å². The van der Waals surface area contributed by atoms with Crippen LogP contribution >= 0.6 is 0 Å². The first-order valence-electron chi connectivity index (χ1n) is 7.72. The summed E-state index contributed by atoms with van der Waals surface area (Å²) in [5, 5.41) is 9.50. The molecule has 23 heavy (non-hydrogen) atoms. The number of carbonyl (C=O) groups excluding carboxylic acids is 1. The number of hydrogen-bond donors (Lipinski definition) is 1. The highest BCUT2D eigenvalue weighted by Crippen LogP contribution is 2.30. The molecule has 0 aliphatic carbocycles. The lowest BCUT2D eigenvalue weighted by Gasteiger charge is -2.34. The van der Waals surface area contributed by atoms with Crippen molar-refractivity contribution in [1.29, 1.82) is 0 Å². The number of hydrogen-bond acceptors (Lipinski definition) is 2. The van der Waals surface area contributed by atoms with Gasteiger partial charge in [-0.2, -0.15) is 0 Å². The van der Waals surface area contributed by atoms with Gasteiger partial charge in [0.05, 0.1) is 11.8 Å². The normalized spacial score (nSPS) is 18.1. The van der Waals surface area contributed by atoms with Crippen molar-refractivity contribution in [1.82, 2.24) is 4.90 Å². The fourth-order valence-corrected chi connectivity index (χ4v) is 3.14. The second-order valence-electron chi connectivity index (χ2n) is 5.94. The monoisotopic (exact) mass is 309 g/mol. The highest BCUT2D eigenvalue weighted by atomic mass is 16.4. The minimum atomic E-state index is -0.887. The number of carboxylic acids is 1. The molecule has 0 bridgehead atoms.